The minimum atomic E-state index is -0.597. The molecule has 0 spiro atoms. The van der Waals surface area contributed by atoms with Gasteiger partial charge in [0.25, 0.3) is 0 Å². The molecule has 1 atom stereocenters. The molecule has 0 heterocycles. The molecule has 3 heteroatoms. The van der Waals surface area contributed by atoms with Crippen LogP contribution in [-0.4, -0.2) is 30.3 Å². The van der Waals surface area contributed by atoms with Crippen LogP contribution >= 0.6 is 11.6 Å². The zero-order chi connectivity index (χ0) is 7.11. The van der Waals surface area contributed by atoms with Crippen molar-refractivity contribution in [3.8, 4) is 12.3 Å². The van der Waals surface area contributed by atoms with Gasteiger partial charge >= 0.3 is 0 Å². The molecule has 2 nitrogen and oxygen atoms in total. The molecule has 0 fully saturated rings. The van der Waals surface area contributed by atoms with Gasteiger partial charge in [0.05, 0.1) is 18.6 Å². The zero-order valence-corrected chi connectivity index (χ0v) is 5.77. The Morgan fingerprint density at radius 3 is 2.89 bits per heavy atom. The topological polar surface area (TPSA) is 29.5 Å². The van der Waals surface area contributed by atoms with Crippen LogP contribution in [0.25, 0.3) is 0 Å². The van der Waals surface area contributed by atoms with Gasteiger partial charge in [0.1, 0.15) is 6.61 Å². The van der Waals surface area contributed by atoms with E-state index in [1.165, 1.54) is 0 Å². The van der Waals surface area contributed by atoms with E-state index in [9.17, 15) is 0 Å². The summed E-state index contributed by atoms with van der Waals surface area (Å²) in [7, 11) is 0. The van der Waals surface area contributed by atoms with Crippen LogP contribution in [0.4, 0.5) is 0 Å². The molecular weight excluding hydrogens is 140 g/mol. The first-order valence-corrected chi connectivity index (χ1v) is 3.10. The number of aliphatic hydroxyl groups is 1. The van der Waals surface area contributed by atoms with Gasteiger partial charge in [-0.1, -0.05) is 5.92 Å². The van der Waals surface area contributed by atoms with Gasteiger partial charge in [-0.3, -0.25) is 0 Å². The van der Waals surface area contributed by atoms with Gasteiger partial charge in [0.15, 0.2) is 0 Å². The largest absolute Gasteiger partial charge is 0.389 e. The SMILES string of the molecule is C#CCOC[C@@H](O)CCl. The maximum absolute atomic E-state index is 8.76. The summed E-state index contributed by atoms with van der Waals surface area (Å²) in [6.45, 7) is 0.446. The Morgan fingerprint density at radius 2 is 2.44 bits per heavy atom. The van der Waals surface area contributed by atoms with E-state index < -0.39 is 6.10 Å². The van der Waals surface area contributed by atoms with E-state index in [1.54, 1.807) is 0 Å². The van der Waals surface area contributed by atoms with E-state index in [-0.39, 0.29) is 19.1 Å². The zero-order valence-electron chi connectivity index (χ0n) is 5.01. The Hall–Kier alpha value is -0.230. The average Bonchev–Trinajstić information content (AvgIpc) is 1.89. The first-order valence-electron chi connectivity index (χ1n) is 2.56. The molecule has 0 bridgehead atoms. The van der Waals surface area contributed by atoms with Gasteiger partial charge in [0, 0.05) is 0 Å². The molecule has 0 aliphatic carbocycles. The Bertz CT molecular complexity index is 97.7. The van der Waals surface area contributed by atoms with Crippen LogP contribution in [0.3, 0.4) is 0 Å². The lowest BCUT2D eigenvalue weighted by Crippen LogP contribution is -2.16. The minimum absolute atomic E-state index is 0.185. The van der Waals surface area contributed by atoms with Crippen molar-refractivity contribution in [2.24, 2.45) is 0 Å². The highest BCUT2D eigenvalue weighted by atomic mass is 35.5. The molecule has 0 saturated heterocycles. The second kappa shape index (κ2) is 5.90. The summed E-state index contributed by atoms with van der Waals surface area (Å²) in [4.78, 5) is 0. The van der Waals surface area contributed by atoms with E-state index in [4.69, 9.17) is 27.9 Å². The molecule has 0 aromatic rings. The molecule has 1 N–H and O–H groups in total. The first kappa shape index (κ1) is 8.77. The number of ether oxygens (including phenoxy) is 1. The summed E-state index contributed by atoms with van der Waals surface area (Å²) in [6, 6.07) is 0. The van der Waals surface area contributed by atoms with E-state index in [2.05, 4.69) is 5.92 Å². The summed E-state index contributed by atoms with van der Waals surface area (Å²) in [6.07, 6.45) is 4.27. The lowest BCUT2D eigenvalue weighted by atomic mass is 10.4. The monoisotopic (exact) mass is 148 g/mol. The molecule has 0 aliphatic rings. The lowest BCUT2D eigenvalue weighted by molar-refractivity contribution is 0.0640. The van der Waals surface area contributed by atoms with Gasteiger partial charge in [-0.05, 0) is 0 Å². The van der Waals surface area contributed by atoms with Crippen molar-refractivity contribution >= 4 is 11.6 Å². The van der Waals surface area contributed by atoms with Crippen molar-refractivity contribution in [2.45, 2.75) is 6.10 Å². The summed E-state index contributed by atoms with van der Waals surface area (Å²) in [5.74, 6) is 2.46. The number of hydrogen-bond acceptors (Lipinski definition) is 2. The third-order valence-electron chi connectivity index (χ3n) is 0.674. The molecule has 0 unspecified atom stereocenters. The standard InChI is InChI=1S/C6H9ClO2/c1-2-3-9-5-6(8)4-7/h1,6,8H,3-5H2/t6-/m0/s1. The Kier molecular flexibility index (Phi) is 5.75. The highest BCUT2D eigenvalue weighted by Gasteiger charge is 1.98. The second-order valence-corrected chi connectivity index (χ2v) is 1.84. The van der Waals surface area contributed by atoms with Crippen LogP contribution in [-0.2, 0) is 4.74 Å². The van der Waals surface area contributed by atoms with Crippen molar-refractivity contribution in [1.29, 1.82) is 0 Å². The van der Waals surface area contributed by atoms with Crippen LogP contribution in [0.15, 0.2) is 0 Å². The van der Waals surface area contributed by atoms with Crippen LogP contribution < -0.4 is 0 Å². The first-order chi connectivity index (χ1) is 4.31. The predicted molar refractivity (Wildman–Crippen MR) is 36.4 cm³/mol. The third kappa shape index (κ3) is 5.64. The molecule has 0 saturated carbocycles. The van der Waals surface area contributed by atoms with Crippen LogP contribution in [0.5, 0.6) is 0 Å². The van der Waals surface area contributed by atoms with Gasteiger partial charge in [0.2, 0.25) is 0 Å². The van der Waals surface area contributed by atoms with E-state index in [0.29, 0.717) is 0 Å². The van der Waals surface area contributed by atoms with E-state index in [1.807, 2.05) is 0 Å². The van der Waals surface area contributed by atoms with E-state index >= 15 is 0 Å². The molecule has 0 aromatic heterocycles. The lowest BCUT2D eigenvalue weighted by Gasteiger charge is -2.03. The summed E-state index contributed by atoms with van der Waals surface area (Å²) in [5.41, 5.74) is 0. The molecule has 0 amide bonds. The van der Waals surface area contributed by atoms with Crippen molar-refractivity contribution in [3.63, 3.8) is 0 Å². The van der Waals surface area contributed by atoms with Crippen molar-refractivity contribution < 1.29 is 9.84 Å². The Labute approximate surface area is 59.8 Å². The average molecular weight is 149 g/mol. The number of halogens is 1. The van der Waals surface area contributed by atoms with Gasteiger partial charge in [-0.2, -0.15) is 0 Å². The highest BCUT2D eigenvalue weighted by Crippen LogP contribution is 1.87. The maximum atomic E-state index is 8.76. The maximum Gasteiger partial charge on any atom is 0.107 e. The second-order valence-electron chi connectivity index (χ2n) is 1.53. The van der Waals surface area contributed by atoms with Crippen LogP contribution in [0.1, 0.15) is 0 Å². The van der Waals surface area contributed by atoms with Crippen molar-refractivity contribution in [1.82, 2.24) is 0 Å². The van der Waals surface area contributed by atoms with Crippen LogP contribution in [0, 0.1) is 12.3 Å². The number of hydrogen-bond donors (Lipinski definition) is 1. The van der Waals surface area contributed by atoms with Crippen LogP contribution in [0.2, 0.25) is 0 Å². The predicted octanol–water partition coefficient (Wildman–Crippen LogP) is 0.236. The van der Waals surface area contributed by atoms with E-state index in [0.717, 1.165) is 0 Å². The smallest absolute Gasteiger partial charge is 0.107 e. The number of alkyl halides is 1. The summed E-state index contributed by atoms with van der Waals surface area (Å²) < 4.78 is 4.76. The van der Waals surface area contributed by atoms with Crippen molar-refractivity contribution in [3.05, 3.63) is 0 Å². The quantitative estimate of drug-likeness (QED) is 0.352. The normalized spacial score (nSPS) is 12.6. The molecular formula is C6H9ClO2. The molecule has 0 rings (SSSR count). The minimum Gasteiger partial charge on any atom is -0.389 e. The molecule has 0 aliphatic heterocycles. The van der Waals surface area contributed by atoms with Gasteiger partial charge < -0.3 is 9.84 Å². The summed E-state index contributed by atoms with van der Waals surface area (Å²) >= 11 is 5.25. The molecule has 9 heavy (non-hydrogen) atoms. The Morgan fingerprint density at radius 1 is 1.78 bits per heavy atom. The fraction of sp³-hybridized carbons (Fsp3) is 0.667. The number of aliphatic hydroxyl groups excluding tert-OH is 1. The van der Waals surface area contributed by atoms with Gasteiger partial charge in [-0.15, -0.1) is 18.0 Å². The number of rotatable bonds is 4. The molecule has 52 valence electrons. The molecule has 0 aromatic carbocycles. The fourth-order valence-corrected chi connectivity index (χ4v) is 0.388. The van der Waals surface area contributed by atoms with Crippen molar-refractivity contribution in [2.75, 3.05) is 19.1 Å². The van der Waals surface area contributed by atoms with Gasteiger partial charge in [-0.25, -0.2) is 0 Å². The highest BCUT2D eigenvalue weighted by molar-refractivity contribution is 6.18. The third-order valence-corrected chi connectivity index (χ3v) is 1.03. The molecule has 0 radical (unpaired) electrons. The number of terminal acetylenes is 1. The fourth-order valence-electron chi connectivity index (χ4n) is 0.298. The Balaban J connectivity index is 2.99. The summed E-state index contributed by atoms with van der Waals surface area (Å²) in [5, 5.41) is 8.76.